The van der Waals surface area contributed by atoms with E-state index in [0.29, 0.717) is 13.0 Å². The molecule has 0 atom stereocenters. The molecule has 0 aliphatic rings. The van der Waals surface area contributed by atoms with Crippen LogP contribution in [-0.4, -0.2) is 26.2 Å². The largest absolute Gasteiger partial charge is 0.399 e. The summed E-state index contributed by atoms with van der Waals surface area (Å²) in [7, 11) is 1.67. The van der Waals surface area contributed by atoms with Crippen LogP contribution in [0.25, 0.3) is 0 Å². The third kappa shape index (κ3) is 8.46. The van der Waals surface area contributed by atoms with Gasteiger partial charge in [0, 0.05) is 32.4 Å². The molecule has 0 aliphatic heterocycles. The second kappa shape index (κ2) is 10.6. The van der Waals surface area contributed by atoms with Crippen LogP contribution >= 0.6 is 12.4 Å². The van der Waals surface area contributed by atoms with Gasteiger partial charge in [-0.05, 0) is 37.0 Å². The molecule has 0 spiro atoms. The molecule has 1 aromatic rings. The lowest BCUT2D eigenvalue weighted by atomic mass is 10.1. The highest BCUT2D eigenvalue weighted by Gasteiger charge is 2.00. The lowest BCUT2D eigenvalue weighted by Gasteiger charge is -2.05. The summed E-state index contributed by atoms with van der Waals surface area (Å²) in [6.45, 7) is 1.39. The Labute approximate surface area is 121 Å². The Kier molecular flexibility index (Phi) is 9.94. The zero-order valence-electron chi connectivity index (χ0n) is 11.4. The topological polar surface area (TPSA) is 64.3 Å². The van der Waals surface area contributed by atoms with E-state index in [9.17, 15) is 4.79 Å². The summed E-state index contributed by atoms with van der Waals surface area (Å²) in [6, 6.07) is 7.73. The van der Waals surface area contributed by atoms with Gasteiger partial charge >= 0.3 is 0 Å². The van der Waals surface area contributed by atoms with E-state index in [2.05, 4.69) is 5.32 Å². The molecule has 1 rings (SSSR count). The fourth-order valence-electron chi connectivity index (χ4n) is 1.65. The summed E-state index contributed by atoms with van der Waals surface area (Å²) in [5, 5.41) is 2.91. The van der Waals surface area contributed by atoms with Crippen molar-refractivity contribution in [1.82, 2.24) is 5.32 Å². The van der Waals surface area contributed by atoms with Gasteiger partial charge in [-0.3, -0.25) is 4.79 Å². The lowest BCUT2D eigenvalue weighted by molar-refractivity contribution is -0.121. The Morgan fingerprint density at radius 3 is 2.58 bits per heavy atom. The van der Waals surface area contributed by atoms with Crippen molar-refractivity contribution < 1.29 is 9.53 Å². The van der Waals surface area contributed by atoms with E-state index in [1.54, 1.807) is 7.11 Å². The number of nitrogens with one attached hydrogen (secondary N) is 1. The van der Waals surface area contributed by atoms with Gasteiger partial charge in [0.1, 0.15) is 0 Å². The predicted octanol–water partition coefficient (Wildman–Crippen LogP) is 2.17. The van der Waals surface area contributed by atoms with Gasteiger partial charge in [-0.15, -0.1) is 12.4 Å². The van der Waals surface area contributed by atoms with Crippen molar-refractivity contribution in [3.8, 4) is 0 Å². The molecule has 1 amide bonds. The molecular formula is C14H23ClN2O2. The fraction of sp³-hybridized carbons (Fsp3) is 0.500. The molecular weight excluding hydrogens is 264 g/mol. The monoisotopic (exact) mass is 286 g/mol. The van der Waals surface area contributed by atoms with E-state index in [1.165, 1.54) is 5.56 Å². The predicted molar refractivity (Wildman–Crippen MR) is 80.5 cm³/mol. The number of nitrogen functional groups attached to an aromatic ring is 1. The van der Waals surface area contributed by atoms with Crippen molar-refractivity contribution in [3.63, 3.8) is 0 Å². The summed E-state index contributed by atoms with van der Waals surface area (Å²) in [5.74, 6) is 0.113. The van der Waals surface area contributed by atoms with Gasteiger partial charge in [-0.2, -0.15) is 0 Å². The van der Waals surface area contributed by atoms with Crippen LogP contribution in [0.15, 0.2) is 24.3 Å². The van der Waals surface area contributed by atoms with Crippen LogP contribution in [0.3, 0.4) is 0 Å². The molecule has 108 valence electrons. The quantitative estimate of drug-likeness (QED) is 0.569. The number of nitrogens with two attached hydrogens (primary N) is 1. The molecule has 0 unspecified atom stereocenters. The number of methoxy groups -OCH3 is 1. The van der Waals surface area contributed by atoms with E-state index in [1.807, 2.05) is 24.3 Å². The first-order chi connectivity index (χ1) is 8.72. The number of hydrogen-bond acceptors (Lipinski definition) is 3. The molecule has 19 heavy (non-hydrogen) atoms. The lowest BCUT2D eigenvalue weighted by Crippen LogP contribution is -2.25. The smallest absolute Gasteiger partial charge is 0.220 e. The van der Waals surface area contributed by atoms with Gasteiger partial charge in [0.25, 0.3) is 0 Å². The second-order valence-electron chi connectivity index (χ2n) is 4.29. The number of halogens is 1. The van der Waals surface area contributed by atoms with Gasteiger partial charge in [0.2, 0.25) is 5.91 Å². The minimum atomic E-state index is 0. The number of hydrogen-bond donors (Lipinski definition) is 2. The summed E-state index contributed by atoms with van der Waals surface area (Å²) in [4.78, 5) is 11.5. The normalized spacial score (nSPS) is 9.74. The molecule has 0 fully saturated rings. The third-order valence-corrected chi connectivity index (χ3v) is 2.72. The molecule has 0 bridgehead atoms. The first-order valence-corrected chi connectivity index (χ1v) is 6.32. The molecule has 0 aliphatic carbocycles. The highest BCUT2D eigenvalue weighted by molar-refractivity contribution is 5.85. The number of unbranched alkanes of at least 4 members (excludes halogenated alkanes) is 1. The number of carbonyl (C=O) groups excluding carboxylic acids is 1. The number of amides is 1. The maximum Gasteiger partial charge on any atom is 0.220 e. The number of benzene rings is 1. The van der Waals surface area contributed by atoms with Crippen LogP contribution in [0.4, 0.5) is 5.69 Å². The summed E-state index contributed by atoms with van der Waals surface area (Å²) < 4.78 is 4.93. The van der Waals surface area contributed by atoms with E-state index in [-0.39, 0.29) is 18.3 Å². The van der Waals surface area contributed by atoms with E-state index in [4.69, 9.17) is 10.5 Å². The van der Waals surface area contributed by atoms with Crippen molar-refractivity contribution in [2.75, 3.05) is 26.0 Å². The van der Waals surface area contributed by atoms with E-state index < -0.39 is 0 Å². The van der Waals surface area contributed by atoms with Gasteiger partial charge in [0.05, 0.1) is 0 Å². The first-order valence-electron chi connectivity index (χ1n) is 6.32. The summed E-state index contributed by atoms with van der Waals surface area (Å²) >= 11 is 0. The Bertz CT molecular complexity index is 355. The number of carbonyl (C=O) groups is 1. The van der Waals surface area contributed by atoms with Crippen LogP contribution in [0.1, 0.15) is 24.8 Å². The molecule has 4 nitrogen and oxygen atoms in total. The minimum absolute atomic E-state index is 0. The molecule has 3 N–H and O–H groups in total. The standard InChI is InChI=1S/C14H22N2O2.ClH/c1-18-11-3-2-4-14(17)16-10-9-12-5-7-13(15)8-6-12;/h5-8H,2-4,9-11,15H2,1H3,(H,16,17);1H. The Hall–Kier alpha value is -1.26. The van der Waals surface area contributed by atoms with Crippen LogP contribution in [0, 0.1) is 0 Å². The molecule has 0 aromatic heterocycles. The highest BCUT2D eigenvalue weighted by atomic mass is 35.5. The molecule has 0 saturated carbocycles. The molecule has 0 heterocycles. The molecule has 5 heteroatoms. The third-order valence-electron chi connectivity index (χ3n) is 2.72. The van der Waals surface area contributed by atoms with Crippen molar-refractivity contribution >= 4 is 24.0 Å². The van der Waals surface area contributed by atoms with Crippen LogP contribution in [0.2, 0.25) is 0 Å². The maximum absolute atomic E-state index is 11.5. The van der Waals surface area contributed by atoms with Gasteiger partial charge in [0.15, 0.2) is 0 Å². The maximum atomic E-state index is 11.5. The number of anilines is 1. The zero-order chi connectivity index (χ0) is 13.2. The number of rotatable bonds is 8. The fourth-order valence-corrected chi connectivity index (χ4v) is 1.65. The highest BCUT2D eigenvalue weighted by Crippen LogP contribution is 2.05. The minimum Gasteiger partial charge on any atom is -0.399 e. The van der Waals surface area contributed by atoms with E-state index >= 15 is 0 Å². The Morgan fingerprint density at radius 2 is 1.95 bits per heavy atom. The average molecular weight is 287 g/mol. The molecule has 0 saturated heterocycles. The van der Waals surface area contributed by atoms with Crippen molar-refractivity contribution in [2.45, 2.75) is 25.7 Å². The molecule has 0 radical (unpaired) electrons. The van der Waals surface area contributed by atoms with Crippen LogP contribution in [0.5, 0.6) is 0 Å². The first kappa shape index (κ1) is 17.7. The number of ether oxygens (including phenoxy) is 1. The van der Waals surface area contributed by atoms with E-state index in [0.717, 1.165) is 31.6 Å². The van der Waals surface area contributed by atoms with Crippen LogP contribution < -0.4 is 11.1 Å². The summed E-state index contributed by atoms with van der Waals surface area (Å²) in [5.41, 5.74) is 7.55. The molecule has 1 aromatic carbocycles. The summed E-state index contributed by atoms with van der Waals surface area (Å²) in [6.07, 6.45) is 3.22. The Balaban J connectivity index is 0.00000324. The van der Waals surface area contributed by atoms with Gasteiger partial charge in [-0.25, -0.2) is 0 Å². The van der Waals surface area contributed by atoms with Gasteiger partial charge < -0.3 is 15.8 Å². The van der Waals surface area contributed by atoms with Crippen LogP contribution in [-0.2, 0) is 16.0 Å². The van der Waals surface area contributed by atoms with Crippen molar-refractivity contribution in [3.05, 3.63) is 29.8 Å². The van der Waals surface area contributed by atoms with Gasteiger partial charge in [-0.1, -0.05) is 12.1 Å². The SMILES string of the molecule is COCCCCC(=O)NCCc1ccc(N)cc1.Cl. The Morgan fingerprint density at radius 1 is 1.26 bits per heavy atom. The zero-order valence-corrected chi connectivity index (χ0v) is 12.2. The average Bonchev–Trinajstić information content (AvgIpc) is 2.37. The van der Waals surface area contributed by atoms with Crippen molar-refractivity contribution in [2.24, 2.45) is 0 Å². The second-order valence-corrected chi connectivity index (χ2v) is 4.29. The van der Waals surface area contributed by atoms with Crippen molar-refractivity contribution in [1.29, 1.82) is 0 Å².